The fourth-order valence-corrected chi connectivity index (χ4v) is 2.93. The van der Waals surface area contributed by atoms with E-state index >= 15 is 0 Å². The van der Waals surface area contributed by atoms with E-state index in [0.29, 0.717) is 23.2 Å². The normalized spacial score (nSPS) is 11.4. The van der Waals surface area contributed by atoms with E-state index in [1.54, 1.807) is 0 Å². The summed E-state index contributed by atoms with van der Waals surface area (Å²) in [6.45, 7) is 1.92. The molecule has 1 heterocycles. The first-order valence-electron chi connectivity index (χ1n) is 8.62. The van der Waals surface area contributed by atoms with E-state index in [1.165, 1.54) is 0 Å². The zero-order valence-electron chi connectivity index (χ0n) is 15.8. The number of carbonyl (C=O) groups is 1. The maximum Gasteiger partial charge on any atom is 0.434 e. The highest BCUT2D eigenvalue weighted by atomic mass is 35.5. The summed E-state index contributed by atoms with van der Waals surface area (Å²) in [5.74, 6) is -2.77. The number of carbonyl (C=O) groups excluding carboxylic acids is 1. The van der Waals surface area contributed by atoms with Crippen LogP contribution in [0.2, 0.25) is 5.02 Å². The van der Waals surface area contributed by atoms with Crippen LogP contribution in [0.1, 0.15) is 38.3 Å². The Balaban J connectivity index is 2.39. The summed E-state index contributed by atoms with van der Waals surface area (Å²) < 4.78 is 54.2. The monoisotopic (exact) mass is 453 g/mol. The van der Waals surface area contributed by atoms with Gasteiger partial charge in [-0.05, 0) is 6.42 Å². The Morgan fingerprint density at radius 2 is 2.00 bits per heavy atom. The van der Waals surface area contributed by atoms with Crippen LogP contribution in [0.3, 0.4) is 0 Å². The van der Waals surface area contributed by atoms with E-state index in [2.05, 4.69) is 14.9 Å². The Kier molecular flexibility index (Phi) is 7.24. The van der Waals surface area contributed by atoms with Crippen molar-refractivity contribution in [3.63, 3.8) is 0 Å². The number of aromatic nitrogens is 2. The molecule has 0 unspecified atom stereocenters. The van der Waals surface area contributed by atoms with Gasteiger partial charge in [-0.25, -0.2) is 9.18 Å². The number of nitro benzene ring substituents is 1. The van der Waals surface area contributed by atoms with Gasteiger partial charge in [0.2, 0.25) is 0 Å². The van der Waals surface area contributed by atoms with Gasteiger partial charge in [0, 0.05) is 24.7 Å². The zero-order chi connectivity index (χ0) is 22.6. The molecule has 30 heavy (non-hydrogen) atoms. The molecule has 13 heteroatoms. The molecule has 1 aromatic heterocycles. The molecule has 0 amide bonds. The number of rotatable bonds is 8. The maximum absolute atomic E-state index is 14.5. The quantitative estimate of drug-likeness (QED) is 0.179. The van der Waals surface area contributed by atoms with Crippen LogP contribution in [0.5, 0.6) is 5.75 Å². The number of nitro groups is 1. The Morgan fingerprint density at radius 3 is 2.53 bits per heavy atom. The molecule has 0 bridgehead atoms. The summed E-state index contributed by atoms with van der Waals surface area (Å²) in [5, 5.41) is 13.9. The van der Waals surface area contributed by atoms with Crippen LogP contribution in [0, 0.1) is 15.9 Å². The first-order chi connectivity index (χ1) is 14.0. The second-order valence-electron chi connectivity index (χ2n) is 6.19. The molecule has 0 aliphatic carbocycles. The SMILES string of the molecule is CCCCCC(=O)OOc1cc(F)c(-c2nn(C)c(C(F)(F)F)c2Cl)cc1[N+](=O)[O-]. The first kappa shape index (κ1) is 23.4. The second kappa shape index (κ2) is 9.28. The molecule has 0 saturated heterocycles. The minimum absolute atomic E-state index is 0.00797. The van der Waals surface area contributed by atoms with Crippen molar-refractivity contribution in [1.82, 2.24) is 9.78 Å². The summed E-state index contributed by atoms with van der Waals surface area (Å²) in [4.78, 5) is 31.0. The van der Waals surface area contributed by atoms with Crippen molar-refractivity contribution < 1.29 is 37.1 Å². The number of hydrogen-bond acceptors (Lipinski definition) is 6. The summed E-state index contributed by atoms with van der Waals surface area (Å²) >= 11 is 5.72. The standard InChI is InChI=1S/C17H16ClF4N3O5/c1-3-4-5-6-13(26)30-29-12-8-10(19)9(7-11(12)25(27)28)15-14(18)16(17(20,21)22)24(2)23-15/h7-8H,3-6H2,1-2H3. The number of alkyl halides is 3. The molecule has 0 saturated carbocycles. The highest BCUT2D eigenvalue weighted by Crippen LogP contribution is 2.42. The highest BCUT2D eigenvalue weighted by Gasteiger charge is 2.39. The molecular formula is C17H16ClF4N3O5. The second-order valence-corrected chi connectivity index (χ2v) is 6.56. The number of halogens is 5. The predicted octanol–water partition coefficient (Wildman–Crippen LogP) is 5.22. The van der Waals surface area contributed by atoms with Gasteiger partial charge < -0.3 is 0 Å². The van der Waals surface area contributed by atoms with E-state index in [0.717, 1.165) is 19.9 Å². The maximum atomic E-state index is 14.5. The Morgan fingerprint density at radius 1 is 1.33 bits per heavy atom. The van der Waals surface area contributed by atoms with Crippen molar-refractivity contribution in [2.75, 3.05) is 0 Å². The van der Waals surface area contributed by atoms with Crippen molar-refractivity contribution in [2.45, 2.75) is 38.8 Å². The van der Waals surface area contributed by atoms with Gasteiger partial charge in [-0.1, -0.05) is 31.4 Å². The number of benzene rings is 1. The van der Waals surface area contributed by atoms with Gasteiger partial charge >= 0.3 is 17.8 Å². The van der Waals surface area contributed by atoms with E-state index in [4.69, 9.17) is 11.6 Å². The summed E-state index contributed by atoms with van der Waals surface area (Å²) in [5.41, 5.74) is -3.50. The van der Waals surface area contributed by atoms with E-state index in [-0.39, 0.29) is 6.42 Å². The first-order valence-corrected chi connectivity index (χ1v) is 9.00. The van der Waals surface area contributed by atoms with E-state index < -0.39 is 56.3 Å². The fraction of sp³-hybridized carbons (Fsp3) is 0.412. The smallest absolute Gasteiger partial charge is 0.279 e. The van der Waals surface area contributed by atoms with Gasteiger partial charge in [0.25, 0.3) is 5.75 Å². The third-order valence-corrected chi connectivity index (χ3v) is 4.33. The molecule has 1 aromatic carbocycles. The molecule has 164 valence electrons. The molecule has 8 nitrogen and oxygen atoms in total. The van der Waals surface area contributed by atoms with Gasteiger partial charge in [0.15, 0.2) is 5.69 Å². The van der Waals surface area contributed by atoms with Crippen LogP contribution < -0.4 is 4.89 Å². The number of unbranched alkanes of at least 4 members (excludes halogenated alkanes) is 2. The fourth-order valence-electron chi connectivity index (χ4n) is 2.56. The number of nitrogens with zero attached hydrogens (tertiary/aromatic N) is 3. The summed E-state index contributed by atoms with van der Waals surface area (Å²) in [6.07, 6.45) is -2.78. The van der Waals surface area contributed by atoms with Crippen molar-refractivity contribution in [3.8, 4) is 17.0 Å². The molecule has 0 radical (unpaired) electrons. The lowest BCUT2D eigenvalue weighted by Crippen LogP contribution is -2.12. The minimum atomic E-state index is -4.88. The Bertz CT molecular complexity index is 962. The Hall–Kier alpha value is -2.89. The highest BCUT2D eigenvalue weighted by molar-refractivity contribution is 6.33. The van der Waals surface area contributed by atoms with Crippen molar-refractivity contribution >= 4 is 23.3 Å². The van der Waals surface area contributed by atoms with Crippen LogP contribution >= 0.6 is 11.6 Å². The van der Waals surface area contributed by atoms with Crippen molar-refractivity contribution in [3.05, 3.63) is 38.8 Å². The van der Waals surface area contributed by atoms with Crippen LogP contribution in [0.15, 0.2) is 12.1 Å². The van der Waals surface area contributed by atoms with Gasteiger partial charge in [-0.15, -0.1) is 0 Å². The third kappa shape index (κ3) is 5.17. The van der Waals surface area contributed by atoms with Crippen molar-refractivity contribution in [1.29, 1.82) is 0 Å². The third-order valence-electron chi connectivity index (χ3n) is 3.97. The molecule has 0 fully saturated rings. The van der Waals surface area contributed by atoms with Gasteiger partial charge in [-0.3, -0.25) is 24.6 Å². The molecule has 2 aromatic rings. The lowest BCUT2D eigenvalue weighted by Gasteiger charge is -2.08. The zero-order valence-corrected chi connectivity index (χ0v) is 16.5. The average molecular weight is 454 g/mol. The van der Waals surface area contributed by atoms with Gasteiger partial charge in [-0.2, -0.15) is 18.3 Å². The number of aryl methyl sites for hydroxylation is 1. The van der Waals surface area contributed by atoms with E-state index in [9.17, 15) is 32.5 Å². The predicted molar refractivity (Wildman–Crippen MR) is 96.1 cm³/mol. The van der Waals surface area contributed by atoms with Crippen LogP contribution in [0.25, 0.3) is 11.3 Å². The largest absolute Gasteiger partial charge is 0.434 e. The van der Waals surface area contributed by atoms with E-state index in [1.807, 2.05) is 6.92 Å². The van der Waals surface area contributed by atoms with Crippen LogP contribution in [-0.4, -0.2) is 20.7 Å². The number of hydrogen-bond donors (Lipinski definition) is 0. The molecule has 2 rings (SSSR count). The lowest BCUT2D eigenvalue weighted by molar-refractivity contribution is -0.387. The Labute approximate surface area is 172 Å². The summed E-state index contributed by atoms with van der Waals surface area (Å²) in [7, 11) is 0.944. The van der Waals surface area contributed by atoms with Gasteiger partial charge in [0.05, 0.1) is 16.4 Å². The van der Waals surface area contributed by atoms with Gasteiger partial charge in [0.1, 0.15) is 11.5 Å². The minimum Gasteiger partial charge on any atom is -0.279 e. The average Bonchev–Trinajstić information content (AvgIpc) is 2.94. The molecule has 0 atom stereocenters. The molecule has 0 aliphatic rings. The van der Waals surface area contributed by atoms with Crippen LogP contribution in [0.4, 0.5) is 23.2 Å². The lowest BCUT2D eigenvalue weighted by atomic mass is 10.1. The molecule has 0 spiro atoms. The van der Waals surface area contributed by atoms with Crippen molar-refractivity contribution in [2.24, 2.45) is 7.05 Å². The molecular weight excluding hydrogens is 438 g/mol. The molecule has 0 aliphatic heterocycles. The topological polar surface area (TPSA) is 96.5 Å². The molecule has 0 N–H and O–H groups in total. The van der Waals surface area contributed by atoms with Crippen LogP contribution in [-0.2, 0) is 22.9 Å². The summed E-state index contributed by atoms with van der Waals surface area (Å²) in [6, 6.07) is 1.11.